The summed E-state index contributed by atoms with van der Waals surface area (Å²) in [6, 6.07) is 10.3. The largest absolute Gasteiger partial charge is 0.396 e. The van der Waals surface area contributed by atoms with Crippen LogP contribution in [-0.4, -0.2) is 23.3 Å². The van der Waals surface area contributed by atoms with Gasteiger partial charge >= 0.3 is 0 Å². The van der Waals surface area contributed by atoms with Crippen molar-refractivity contribution in [2.24, 2.45) is 11.8 Å². The van der Waals surface area contributed by atoms with Gasteiger partial charge in [0.1, 0.15) is 5.78 Å². The van der Waals surface area contributed by atoms with Crippen molar-refractivity contribution in [1.82, 2.24) is 0 Å². The van der Waals surface area contributed by atoms with Gasteiger partial charge in [-0.3, -0.25) is 9.59 Å². The van der Waals surface area contributed by atoms with Crippen LogP contribution in [0.15, 0.2) is 42.5 Å². The molecule has 0 aromatic heterocycles. The molecule has 1 saturated carbocycles. The van der Waals surface area contributed by atoms with Crippen LogP contribution in [0.2, 0.25) is 0 Å². The van der Waals surface area contributed by atoms with Gasteiger partial charge in [0.2, 0.25) is 0 Å². The Morgan fingerprint density at radius 3 is 2.56 bits per heavy atom. The number of benzene rings is 1. The highest BCUT2D eigenvalue weighted by atomic mass is 16.2. The van der Waals surface area contributed by atoms with E-state index in [1.54, 1.807) is 6.08 Å². The number of aliphatic hydroxyl groups is 1. The predicted octanol–water partition coefficient (Wildman–Crippen LogP) is 5.06. The van der Waals surface area contributed by atoms with Gasteiger partial charge in [-0.1, -0.05) is 62.1 Å². The highest BCUT2D eigenvalue weighted by Crippen LogP contribution is 2.33. The molecule has 0 saturated heterocycles. The molecule has 1 aromatic rings. The highest BCUT2D eigenvalue weighted by Gasteiger charge is 2.32. The molecule has 3 heteroatoms. The van der Waals surface area contributed by atoms with Gasteiger partial charge in [0.25, 0.3) is 0 Å². The fraction of sp³-hybridized carbons (Fsp3) is 0.583. The summed E-state index contributed by atoms with van der Waals surface area (Å²) >= 11 is 0. The number of aliphatic hydroxyl groups excluding tert-OH is 1. The lowest BCUT2D eigenvalue weighted by Crippen LogP contribution is -2.13. The smallest absolute Gasteiger partial charge is 0.155 e. The third-order valence-electron chi connectivity index (χ3n) is 5.59. The number of carbonyl (C=O) groups is 2. The zero-order chi connectivity index (χ0) is 19.3. The SMILES string of the molecule is O=C(/C=C/C1CCC(=O)C1CCCCCCCO)CCCc1ccccc1. The molecule has 2 rings (SSSR count). The first kappa shape index (κ1) is 21.6. The Kier molecular flexibility index (Phi) is 10.1. The molecule has 1 aromatic carbocycles. The lowest BCUT2D eigenvalue weighted by atomic mass is 9.89. The number of hydrogen-bond donors (Lipinski definition) is 1. The maximum atomic E-state index is 12.2. The molecule has 1 aliphatic rings. The molecule has 0 amide bonds. The minimum absolute atomic E-state index is 0.108. The van der Waals surface area contributed by atoms with Gasteiger partial charge < -0.3 is 5.11 Å². The third kappa shape index (κ3) is 8.21. The van der Waals surface area contributed by atoms with E-state index in [-0.39, 0.29) is 24.2 Å². The first-order chi connectivity index (χ1) is 13.2. The molecule has 3 nitrogen and oxygen atoms in total. The first-order valence-corrected chi connectivity index (χ1v) is 10.6. The summed E-state index contributed by atoms with van der Waals surface area (Å²) in [5.41, 5.74) is 1.27. The van der Waals surface area contributed by atoms with Crippen molar-refractivity contribution in [2.75, 3.05) is 6.61 Å². The Bertz CT molecular complexity index is 591. The van der Waals surface area contributed by atoms with Crippen LogP contribution in [-0.2, 0) is 16.0 Å². The zero-order valence-electron chi connectivity index (χ0n) is 16.4. The molecule has 2 unspecified atom stereocenters. The molecule has 2 atom stereocenters. The number of hydrogen-bond acceptors (Lipinski definition) is 3. The number of Topliss-reactive ketones (excluding diaryl/α,β-unsaturated/α-hetero) is 1. The van der Waals surface area contributed by atoms with Gasteiger partial charge in [-0.05, 0) is 49.7 Å². The molecule has 0 heterocycles. The second kappa shape index (κ2) is 12.6. The van der Waals surface area contributed by atoms with E-state index >= 15 is 0 Å². The van der Waals surface area contributed by atoms with Gasteiger partial charge in [0.15, 0.2) is 5.78 Å². The van der Waals surface area contributed by atoms with Crippen molar-refractivity contribution in [3.8, 4) is 0 Å². The normalized spacial score (nSPS) is 19.8. The summed E-state index contributed by atoms with van der Waals surface area (Å²) in [4.78, 5) is 24.3. The van der Waals surface area contributed by atoms with Gasteiger partial charge in [-0.15, -0.1) is 0 Å². The first-order valence-electron chi connectivity index (χ1n) is 10.6. The Morgan fingerprint density at radius 1 is 1.04 bits per heavy atom. The van der Waals surface area contributed by atoms with E-state index in [4.69, 9.17) is 5.11 Å². The highest BCUT2D eigenvalue weighted by molar-refractivity contribution is 5.90. The number of carbonyl (C=O) groups excluding carboxylic acids is 2. The van der Waals surface area contributed by atoms with Crippen LogP contribution in [0, 0.1) is 11.8 Å². The van der Waals surface area contributed by atoms with Crippen molar-refractivity contribution in [3.63, 3.8) is 0 Å². The lowest BCUT2D eigenvalue weighted by molar-refractivity contribution is -0.121. The molecule has 1 fully saturated rings. The summed E-state index contributed by atoms with van der Waals surface area (Å²) in [6.45, 7) is 0.271. The van der Waals surface area contributed by atoms with Gasteiger partial charge in [0, 0.05) is 25.4 Å². The zero-order valence-corrected chi connectivity index (χ0v) is 16.4. The van der Waals surface area contributed by atoms with E-state index in [9.17, 15) is 9.59 Å². The summed E-state index contributed by atoms with van der Waals surface area (Å²) in [6.07, 6.45) is 13.8. The minimum atomic E-state index is 0.108. The summed E-state index contributed by atoms with van der Waals surface area (Å²) < 4.78 is 0. The molecule has 0 radical (unpaired) electrons. The number of unbranched alkanes of at least 4 members (excludes halogenated alkanes) is 4. The maximum Gasteiger partial charge on any atom is 0.155 e. The molecule has 0 spiro atoms. The molecule has 148 valence electrons. The average molecular weight is 371 g/mol. The lowest BCUT2D eigenvalue weighted by Gasteiger charge is -2.14. The Morgan fingerprint density at radius 2 is 1.78 bits per heavy atom. The van der Waals surface area contributed by atoms with Crippen LogP contribution in [0.5, 0.6) is 0 Å². The van der Waals surface area contributed by atoms with Crippen molar-refractivity contribution < 1.29 is 14.7 Å². The molecular weight excluding hydrogens is 336 g/mol. The number of aryl methyl sites for hydroxylation is 1. The van der Waals surface area contributed by atoms with Gasteiger partial charge in [-0.2, -0.15) is 0 Å². The molecular formula is C24H34O3. The van der Waals surface area contributed by atoms with Crippen LogP contribution >= 0.6 is 0 Å². The van der Waals surface area contributed by atoms with Crippen molar-refractivity contribution in [3.05, 3.63) is 48.0 Å². The van der Waals surface area contributed by atoms with E-state index in [1.807, 2.05) is 24.3 Å². The number of allylic oxidation sites excluding steroid dienone is 2. The predicted molar refractivity (Wildman–Crippen MR) is 110 cm³/mol. The van der Waals surface area contributed by atoms with E-state index in [0.717, 1.165) is 57.8 Å². The van der Waals surface area contributed by atoms with Crippen LogP contribution in [0.1, 0.15) is 69.8 Å². The van der Waals surface area contributed by atoms with Crippen molar-refractivity contribution in [1.29, 1.82) is 0 Å². The molecule has 1 N–H and O–H groups in total. The van der Waals surface area contributed by atoms with Gasteiger partial charge in [0.05, 0.1) is 0 Å². The fourth-order valence-corrected chi connectivity index (χ4v) is 3.97. The third-order valence-corrected chi connectivity index (χ3v) is 5.59. The van der Waals surface area contributed by atoms with Crippen LogP contribution in [0.25, 0.3) is 0 Å². The summed E-state index contributed by atoms with van der Waals surface area (Å²) in [5.74, 6) is 0.897. The fourth-order valence-electron chi connectivity index (χ4n) is 3.97. The van der Waals surface area contributed by atoms with E-state index in [1.165, 1.54) is 5.56 Å². The van der Waals surface area contributed by atoms with E-state index < -0.39 is 0 Å². The molecule has 0 aliphatic heterocycles. The minimum Gasteiger partial charge on any atom is -0.396 e. The Labute approximate surface area is 163 Å². The topological polar surface area (TPSA) is 54.4 Å². The number of ketones is 2. The standard InChI is InChI=1S/C24H34O3/c25-19-8-3-1-2-7-14-23-21(16-18-24(23)27)15-17-22(26)13-9-12-20-10-5-4-6-11-20/h4-6,10-11,15,17,21,23,25H,1-3,7-9,12-14,16,18-19H2/b17-15+. The van der Waals surface area contributed by atoms with Crippen molar-refractivity contribution >= 4 is 11.6 Å². The molecule has 0 bridgehead atoms. The molecule has 1 aliphatic carbocycles. The maximum absolute atomic E-state index is 12.2. The van der Waals surface area contributed by atoms with Gasteiger partial charge in [-0.25, -0.2) is 0 Å². The Balaban J connectivity index is 1.68. The second-order valence-corrected chi connectivity index (χ2v) is 7.72. The second-order valence-electron chi connectivity index (χ2n) is 7.72. The van der Waals surface area contributed by atoms with E-state index in [0.29, 0.717) is 18.6 Å². The van der Waals surface area contributed by atoms with Crippen molar-refractivity contribution in [2.45, 2.75) is 70.6 Å². The van der Waals surface area contributed by atoms with Crippen LogP contribution in [0.3, 0.4) is 0 Å². The monoisotopic (exact) mass is 370 g/mol. The van der Waals surface area contributed by atoms with E-state index in [2.05, 4.69) is 12.1 Å². The quantitative estimate of drug-likeness (QED) is 0.390. The average Bonchev–Trinajstić information content (AvgIpc) is 3.03. The summed E-state index contributed by atoms with van der Waals surface area (Å²) in [5, 5.41) is 8.80. The Hall–Kier alpha value is -1.74. The van der Waals surface area contributed by atoms with Crippen LogP contribution in [0.4, 0.5) is 0 Å². The molecule has 27 heavy (non-hydrogen) atoms. The van der Waals surface area contributed by atoms with Crippen LogP contribution < -0.4 is 0 Å². The number of rotatable bonds is 13. The summed E-state index contributed by atoms with van der Waals surface area (Å²) in [7, 11) is 0.